The molecular formula is C11H13BrClNO4S2. The van der Waals surface area contributed by atoms with E-state index in [9.17, 15) is 13.2 Å². The summed E-state index contributed by atoms with van der Waals surface area (Å²) in [5.41, 5.74) is 0.575. The van der Waals surface area contributed by atoms with E-state index in [1.54, 1.807) is 12.3 Å². The number of hydrogen-bond donors (Lipinski definition) is 2. The molecule has 1 aromatic carbocycles. The van der Waals surface area contributed by atoms with Crippen LogP contribution in [0, 0.1) is 0 Å². The Morgan fingerprint density at radius 2 is 2.15 bits per heavy atom. The van der Waals surface area contributed by atoms with Crippen LogP contribution in [0.2, 0.25) is 0 Å². The first-order valence-electron chi connectivity index (χ1n) is 5.42. The number of carbonyl (C=O) groups is 1. The second kappa shape index (κ2) is 7.53. The minimum absolute atomic E-state index is 0.0260. The number of alkyl halides is 1. The summed E-state index contributed by atoms with van der Waals surface area (Å²) in [5.74, 6) is -1.46. The van der Waals surface area contributed by atoms with Gasteiger partial charge in [-0.05, 0) is 18.4 Å². The summed E-state index contributed by atoms with van der Waals surface area (Å²) >= 11 is 9.87. The Morgan fingerprint density at radius 1 is 1.50 bits per heavy atom. The number of halogens is 2. The SMILES string of the molecule is CSc1c(NCS(=O)(=O)CCCl)cc(Br)cc1C(=O)O. The van der Waals surface area contributed by atoms with Crippen LogP contribution in [-0.2, 0) is 9.84 Å². The van der Waals surface area contributed by atoms with E-state index in [4.69, 9.17) is 16.7 Å². The number of sulfone groups is 1. The van der Waals surface area contributed by atoms with Crippen molar-refractivity contribution in [3.8, 4) is 0 Å². The van der Waals surface area contributed by atoms with Crippen molar-refractivity contribution in [1.82, 2.24) is 0 Å². The zero-order chi connectivity index (χ0) is 15.3. The van der Waals surface area contributed by atoms with Crippen molar-refractivity contribution in [1.29, 1.82) is 0 Å². The molecule has 0 heterocycles. The largest absolute Gasteiger partial charge is 0.478 e. The number of benzene rings is 1. The predicted molar refractivity (Wildman–Crippen MR) is 85.9 cm³/mol. The quantitative estimate of drug-likeness (QED) is 0.539. The van der Waals surface area contributed by atoms with Crippen LogP contribution in [0.1, 0.15) is 10.4 Å². The lowest BCUT2D eigenvalue weighted by atomic mass is 10.2. The number of aromatic carboxylic acids is 1. The van der Waals surface area contributed by atoms with E-state index < -0.39 is 15.8 Å². The van der Waals surface area contributed by atoms with E-state index in [-0.39, 0.29) is 23.1 Å². The van der Waals surface area contributed by atoms with Crippen molar-refractivity contribution >= 4 is 60.8 Å². The van der Waals surface area contributed by atoms with E-state index in [0.29, 0.717) is 15.1 Å². The maximum Gasteiger partial charge on any atom is 0.336 e. The molecule has 0 bridgehead atoms. The van der Waals surface area contributed by atoms with E-state index >= 15 is 0 Å². The highest BCUT2D eigenvalue weighted by molar-refractivity contribution is 9.10. The maximum atomic E-state index is 11.6. The number of hydrogen-bond acceptors (Lipinski definition) is 5. The molecule has 0 aliphatic carbocycles. The van der Waals surface area contributed by atoms with Gasteiger partial charge in [0.05, 0.1) is 17.0 Å². The van der Waals surface area contributed by atoms with Crippen LogP contribution in [0.15, 0.2) is 21.5 Å². The monoisotopic (exact) mass is 401 g/mol. The molecular weight excluding hydrogens is 390 g/mol. The highest BCUT2D eigenvalue weighted by Gasteiger charge is 2.17. The average molecular weight is 403 g/mol. The number of thioether (sulfide) groups is 1. The van der Waals surface area contributed by atoms with E-state index in [2.05, 4.69) is 21.2 Å². The maximum absolute atomic E-state index is 11.6. The second-order valence-corrected chi connectivity index (χ2v) is 8.09. The molecule has 0 aliphatic rings. The summed E-state index contributed by atoms with van der Waals surface area (Å²) < 4.78 is 23.8. The summed E-state index contributed by atoms with van der Waals surface area (Å²) in [6, 6.07) is 3.13. The highest BCUT2D eigenvalue weighted by Crippen LogP contribution is 2.33. The van der Waals surface area contributed by atoms with Crippen molar-refractivity contribution in [2.75, 3.05) is 29.1 Å². The first kappa shape index (κ1) is 17.6. The lowest BCUT2D eigenvalue weighted by Crippen LogP contribution is -2.19. The van der Waals surface area contributed by atoms with E-state index in [1.165, 1.54) is 17.8 Å². The number of rotatable bonds is 7. The van der Waals surface area contributed by atoms with Crippen molar-refractivity contribution in [2.24, 2.45) is 0 Å². The second-order valence-electron chi connectivity index (χ2n) is 3.80. The van der Waals surface area contributed by atoms with Gasteiger partial charge in [-0.1, -0.05) is 15.9 Å². The van der Waals surface area contributed by atoms with Crippen molar-refractivity contribution in [3.63, 3.8) is 0 Å². The van der Waals surface area contributed by atoms with Crippen LogP contribution in [-0.4, -0.2) is 43.3 Å². The third-order valence-electron chi connectivity index (χ3n) is 2.36. The summed E-state index contributed by atoms with van der Waals surface area (Å²) in [5, 5.41) is 11.9. The lowest BCUT2D eigenvalue weighted by molar-refractivity contribution is 0.0693. The molecule has 112 valence electrons. The topological polar surface area (TPSA) is 83.5 Å². The third-order valence-corrected chi connectivity index (χ3v) is 5.49. The van der Waals surface area contributed by atoms with Gasteiger partial charge in [0.25, 0.3) is 0 Å². The molecule has 9 heteroatoms. The molecule has 0 aromatic heterocycles. The molecule has 0 unspecified atom stereocenters. The number of anilines is 1. The molecule has 0 saturated carbocycles. The van der Waals surface area contributed by atoms with Crippen LogP contribution in [0.25, 0.3) is 0 Å². The normalized spacial score (nSPS) is 11.3. The van der Waals surface area contributed by atoms with Gasteiger partial charge >= 0.3 is 5.97 Å². The molecule has 0 fully saturated rings. The summed E-state index contributed by atoms with van der Waals surface area (Å²) in [6.07, 6.45) is 1.73. The molecule has 2 N–H and O–H groups in total. The number of carboxylic acids is 1. The Bertz CT molecular complexity index is 607. The van der Waals surface area contributed by atoms with Gasteiger partial charge in [0, 0.05) is 15.2 Å². The Balaban J connectivity index is 3.09. The van der Waals surface area contributed by atoms with Crippen molar-refractivity contribution in [2.45, 2.75) is 4.90 Å². The first-order chi connectivity index (χ1) is 9.30. The zero-order valence-electron chi connectivity index (χ0n) is 10.5. The van der Waals surface area contributed by atoms with Gasteiger partial charge in [-0.15, -0.1) is 23.4 Å². The Hall–Kier alpha value is -0.440. The van der Waals surface area contributed by atoms with Gasteiger partial charge in [-0.3, -0.25) is 0 Å². The molecule has 5 nitrogen and oxygen atoms in total. The van der Waals surface area contributed by atoms with Crippen LogP contribution < -0.4 is 5.32 Å². The Kier molecular flexibility index (Phi) is 6.63. The zero-order valence-corrected chi connectivity index (χ0v) is 14.5. The fraction of sp³-hybridized carbons (Fsp3) is 0.364. The molecule has 0 radical (unpaired) electrons. The van der Waals surface area contributed by atoms with E-state index in [0.717, 1.165) is 0 Å². The lowest BCUT2D eigenvalue weighted by Gasteiger charge is -2.13. The standard InChI is InChI=1S/C11H13BrClNO4S2/c1-19-10-8(11(15)16)4-7(12)5-9(10)14-6-20(17,18)3-2-13/h4-5,14H,2-3,6H2,1H3,(H,15,16). The summed E-state index contributed by atoms with van der Waals surface area (Å²) in [4.78, 5) is 11.7. The van der Waals surface area contributed by atoms with Gasteiger partial charge in [0.15, 0.2) is 9.84 Å². The fourth-order valence-electron chi connectivity index (χ4n) is 1.48. The average Bonchev–Trinajstić information content (AvgIpc) is 2.35. The van der Waals surface area contributed by atoms with Gasteiger partial charge in [-0.2, -0.15) is 0 Å². The van der Waals surface area contributed by atoms with Gasteiger partial charge in [-0.25, -0.2) is 13.2 Å². The third kappa shape index (κ3) is 4.83. The van der Waals surface area contributed by atoms with Crippen molar-refractivity contribution < 1.29 is 18.3 Å². The molecule has 1 rings (SSSR count). The smallest absolute Gasteiger partial charge is 0.336 e. The Labute approximate surface area is 135 Å². The molecule has 0 spiro atoms. The predicted octanol–water partition coefficient (Wildman–Crippen LogP) is 2.89. The molecule has 20 heavy (non-hydrogen) atoms. The van der Waals surface area contributed by atoms with Crippen molar-refractivity contribution in [3.05, 3.63) is 22.2 Å². The van der Waals surface area contributed by atoms with E-state index in [1.807, 2.05) is 0 Å². The summed E-state index contributed by atoms with van der Waals surface area (Å²) in [6.45, 7) is 0. The molecule has 1 aromatic rings. The number of carboxylic acid groups (broad SMARTS) is 1. The molecule has 0 saturated heterocycles. The molecule has 0 amide bonds. The minimum atomic E-state index is -3.32. The van der Waals surface area contributed by atoms with Gasteiger partial charge in [0.1, 0.15) is 5.88 Å². The Morgan fingerprint density at radius 3 is 2.65 bits per heavy atom. The molecule has 0 atom stereocenters. The number of nitrogens with one attached hydrogen (secondary N) is 1. The van der Waals surface area contributed by atoms with Gasteiger partial charge < -0.3 is 10.4 Å². The van der Waals surface area contributed by atoms with Crippen LogP contribution in [0.3, 0.4) is 0 Å². The van der Waals surface area contributed by atoms with Crippen LogP contribution in [0.5, 0.6) is 0 Å². The minimum Gasteiger partial charge on any atom is -0.478 e. The highest BCUT2D eigenvalue weighted by atomic mass is 79.9. The fourth-order valence-corrected chi connectivity index (χ4v) is 4.12. The molecule has 0 aliphatic heterocycles. The van der Waals surface area contributed by atoms with Crippen LogP contribution >= 0.6 is 39.3 Å². The first-order valence-corrected chi connectivity index (χ1v) is 9.79. The van der Waals surface area contributed by atoms with Crippen LogP contribution in [0.4, 0.5) is 5.69 Å². The summed E-state index contributed by atoms with van der Waals surface area (Å²) in [7, 11) is -3.32. The van der Waals surface area contributed by atoms with Gasteiger partial charge in [0.2, 0.25) is 0 Å².